The lowest BCUT2D eigenvalue weighted by molar-refractivity contribution is -0.137. The number of amides is 1. The van der Waals surface area contributed by atoms with Crippen LogP contribution in [-0.4, -0.2) is 25.4 Å². The van der Waals surface area contributed by atoms with Crippen molar-refractivity contribution >= 4 is 28.4 Å². The number of aromatic nitrogens is 4. The summed E-state index contributed by atoms with van der Waals surface area (Å²) in [6.45, 7) is 0. The number of hydrogen-bond acceptors (Lipinski definition) is 5. The molecule has 1 aromatic carbocycles. The minimum atomic E-state index is -4.48. The molecule has 3 heterocycles. The molecule has 28 heavy (non-hydrogen) atoms. The second-order valence-corrected chi connectivity index (χ2v) is 6.68. The van der Waals surface area contributed by atoms with Crippen LogP contribution in [0.15, 0.2) is 46.6 Å². The first-order valence-electron chi connectivity index (χ1n) is 7.80. The summed E-state index contributed by atoms with van der Waals surface area (Å²) in [5.74, 6) is -0.931. The largest absolute Gasteiger partial charge is 0.416 e. The van der Waals surface area contributed by atoms with Crippen molar-refractivity contribution in [3.05, 3.63) is 63.5 Å². The number of nitrogens with one attached hydrogen (secondary N) is 1. The van der Waals surface area contributed by atoms with Gasteiger partial charge in [-0.15, -0.1) is 11.3 Å². The molecular formula is C17H10F3N5O2S. The molecule has 0 saturated carbocycles. The number of H-pyrrole nitrogens is 1. The van der Waals surface area contributed by atoms with Gasteiger partial charge in [-0.25, -0.2) is 19.3 Å². The molecule has 1 amide bonds. The first-order valence-corrected chi connectivity index (χ1v) is 8.68. The van der Waals surface area contributed by atoms with Gasteiger partial charge in [-0.1, -0.05) is 12.1 Å². The molecule has 0 saturated heterocycles. The van der Waals surface area contributed by atoms with Crippen LogP contribution in [-0.2, 0) is 6.18 Å². The lowest BCUT2D eigenvalue weighted by atomic mass is 10.1. The van der Waals surface area contributed by atoms with E-state index in [0.29, 0.717) is 5.00 Å². The smallest absolute Gasteiger partial charge is 0.364 e. The summed E-state index contributed by atoms with van der Waals surface area (Å²) in [5.41, 5.74) is 4.18. The second-order valence-electron chi connectivity index (χ2n) is 5.75. The Bertz CT molecular complexity index is 1240. The van der Waals surface area contributed by atoms with Crippen molar-refractivity contribution in [3.63, 3.8) is 0 Å². The highest BCUT2D eigenvalue weighted by Crippen LogP contribution is 2.31. The first-order chi connectivity index (χ1) is 13.3. The van der Waals surface area contributed by atoms with Crippen molar-refractivity contribution in [3.8, 4) is 16.4 Å². The van der Waals surface area contributed by atoms with Crippen LogP contribution in [0, 0.1) is 0 Å². The molecule has 0 fully saturated rings. The van der Waals surface area contributed by atoms with Gasteiger partial charge in [0.2, 0.25) is 0 Å². The van der Waals surface area contributed by atoms with Crippen LogP contribution in [0.5, 0.6) is 0 Å². The van der Waals surface area contributed by atoms with E-state index < -0.39 is 23.3 Å². The lowest BCUT2D eigenvalue weighted by Gasteiger charge is -2.08. The Morgan fingerprint density at radius 3 is 2.43 bits per heavy atom. The predicted octanol–water partition coefficient (Wildman–Crippen LogP) is 2.96. The van der Waals surface area contributed by atoms with E-state index >= 15 is 0 Å². The first kappa shape index (κ1) is 17.9. The maximum atomic E-state index is 12.8. The number of primary amides is 1. The average Bonchev–Trinajstić information content (AvgIpc) is 3.26. The van der Waals surface area contributed by atoms with Crippen molar-refractivity contribution in [1.82, 2.24) is 19.5 Å². The zero-order valence-electron chi connectivity index (χ0n) is 13.8. The van der Waals surface area contributed by atoms with E-state index in [0.717, 1.165) is 12.1 Å². The number of carbonyl (C=O) groups is 1. The number of aromatic amines is 1. The molecule has 11 heteroatoms. The maximum Gasteiger partial charge on any atom is 0.416 e. The summed E-state index contributed by atoms with van der Waals surface area (Å²) in [7, 11) is 0. The SMILES string of the molecule is NC(=O)c1nc(-c2ccc(C(F)(F)F)cc2)nc2c1[nH]c(=O)n2-c1cccs1. The van der Waals surface area contributed by atoms with Crippen LogP contribution in [0.2, 0.25) is 0 Å². The Labute approximate surface area is 158 Å². The van der Waals surface area contributed by atoms with Crippen LogP contribution in [0.3, 0.4) is 0 Å². The van der Waals surface area contributed by atoms with E-state index in [1.807, 2.05) is 0 Å². The number of halogens is 3. The standard InChI is InChI=1S/C17H10F3N5O2S/c18-17(19,20)9-5-3-8(4-6-9)14-22-11(13(21)26)12-15(24-14)25(16(27)23-12)10-2-1-7-28-10/h1-7H,(H2,21,26)(H,23,27). The molecule has 4 aromatic rings. The van der Waals surface area contributed by atoms with Gasteiger partial charge >= 0.3 is 11.9 Å². The van der Waals surface area contributed by atoms with Crippen LogP contribution in [0.4, 0.5) is 13.2 Å². The minimum absolute atomic E-state index is 0.0284. The summed E-state index contributed by atoms with van der Waals surface area (Å²) >= 11 is 1.27. The molecular weight excluding hydrogens is 395 g/mol. The lowest BCUT2D eigenvalue weighted by Crippen LogP contribution is -2.15. The fraction of sp³-hybridized carbons (Fsp3) is 0.0588. The maximum absolute atomic E-state index is 12.8. The van der Waals surface area contributed by atoms with Gasteiger partial charge in [0.1, 0.15) is 10.5 Å². The van der Waals surface area contributed by atoms with E-state index in [1.165, 1.54) is 28.0 Å². The van der Waals surface area contributed by atoms with Gasteiger partial charge in [0.05, 0.1) is 5.56 Å². The van der Waals surface area contributed by atoms with E-state index in [-0.39, 0.29) is 28.2 Å². The summed E-state index contributed by atoms with van der Waals surface area (Å²) in [6, 6.07) is 7.57. The molecule has 0 unspecified atom stereocenters. The molecule has 142 valence electrons. The molecule has 4 rings (SSSR count). The molecule has 0 aliphatic rings. The number of nitrogens with zero attached hydrogens (tertiary/aromatic N) is 3. The topological polar surface area (TPSA) is 107 Å². The van der Waals surface area contributed by atoms with Gasteiger partial charge in [0.15, 0.2) is 17.2 Å². The van der Waals surface area contributed by atoms with Crippen molar-refractivity contribution in [2.75, 3.05) is 0 Å². The fourth-order valence-corrected chi connectivity index (χ4v) is 3.43. The number of carbonyl (C=O) groups excluding carboxylic acids is 1. The summed E-state index contributed by atoms with van der Waals surface area (Å²) < 4.78 is 39.6. The summed E-state index contributed by atoms with van der Waals surface area (Å²) in [5, 5.41) is 2.30. The molecule has 0 aliphatic heterocycles. The summed E-state index contributed by atoms with van der Waals surface area (Å²) in [4.78, 5) is 35.1. The molecule has 3 N–H and O–H groups in total. The number of thiophene rings is 1. The molecule has 7 nitrogen and oxygen atoms in total. The van der Waals surface area contributed by atoms with Gasteiger partial charge < -0.3 is 10.7 Å². The monoisotopic (exact) mass is 405 g/mol. The number of nitrogens with two attached hydrogens (primary N) is 1. The van der Waals surface area contributed by atoms with Crippen molar-refractivity contribution in [2.45, 2.75) is 6.18 Å². The van der Waals surface area contributed by atoms with Crippen molar-refractivity contribution in [1.29, 1.82) is 0 Å². The van der Waals surface area contributed by atoms with Gasteiger partial charge in [-0.3, -0.25) is 4.79 Å². The molecule has 0 radical (unpaired) electrons. The third-order valence-corrected chi connectivity index (χ3v) is 4.82. The molecule has 0 bridgehead atoms. The van der Waals surface area contributed by atoms with E-state index in [1.54, 1.807) is 17.5 Å². The molecule has 0 atom stereocenters. The highest BCUT2D eigenvalue weighted by molar-refractivity contribution is 7.12. The number of rotatable bonds is 3. The highest BCUT2D eigenvalue weighted by atomic mass is 32.1. The van der Waals surface area contributed by atoms with Gasteiger partial charge in [0, 0.05) is 5.56 Å². The quantitative estimate of drug-likeness (QED) is 0.546. The van der Waals surface area contributed by atoms with Gasteiger partial charge in [-0.2, -0.15) is 13.2 Å². The summed E-state index contributed by atoms with van der Waals surface area (Å²) in [6.07, 6.45) is -4.48. The van der Waals surface area contributed by atoms with Crippen LogP contribution < -0.4 is 11.4 Å². The number of fused-ring (bicyclic) bond motifs is 1. The third-order valence-electron chi connectivity index (χ3n) is 3.97. The van der Waals surface area contributed by atoms with E-state index in [2.05, 4.69) is 15.0 Å². The van der Waals surface area contributed by atoms with E-state index in [9.17, 15) is 22.8 Å². The predicted molar refractivity (Wildman–Crippen MR) is 96.3 cm³/mol. The zero-order valence-corrected chi connectivity index (χ0v) is 14.6. The Morgan fingerprint density at radius 2 is 1.86 bits per heavy atom. The Kier molecular flexibility index (Phi) is 4.03. The molecule has 3 aromatic heterocycles. The van der Waals surface area contributed by atoms with Crippen molar-refractivity contribution in [2.24, 2.45) is 5.73 Å². The number of alkyl halides is 3. The Morgan fingerprint density at radius 1 is 1.14 bits per heavy atom. The number of imidazole rings is 1. The fourth-order valence-electron chi connectivity index (χ4n) is 2.70. The number of benzene rings is 1. The van der Waals surface area contributed by atoms with Crippen LogP contribution in [0.25, 0.3) is 27.6 Å². The number of hydrogen-bond donors (Lipinski definition) is 2. The second kappa shape index (κ2) is 6.30. The van der Waals surface area contributed by atoms with Crippen LogP contribution in [0.1, 0.15) is 16.1 Å². The Balaban J connectivity index is 1.96. The van der Waals surface area contributed by atoms with Crippen LogP contribution >= 0.6 is 11.3 Å². The molecule has 0 aliphatic carbocycles. The third kappa shape index (κ3) is 2.95. The zero-order chi connectivity index (χ0) is 20.1. The average molecular weight is 405 g/mol. The van der Waals surface area contributed by atoms with Crippen molar-refractivity contribution < 1.29 is 18.0 Å². The Hall–Kier alpha value is -3.47. The van der Waals surface area contributed by atoms with Gasteiger partial charge in [0.25, 0.3) is 5.91 Å². The minimum Gasteiger partial charge on any atom is -0.364 e. The normalized spacial score (nSPS) is 11.8. The highest BCUT2D eigenvalue weighted by Gasteiger charge is 2.30. The molecule has 0 spiro atoms. The van der Waals surface area contributed by atoms with E-state index in [4.69, 9.17) is 5.73 Å². The van der Waals surface area contributed by atoms with Gasteiger partial charge in [-0.05, 0) is 29.6 Å².